The van der Waals surface area contributed by atoms with E-state index in [4.69, 9.17) is 47.1 Å². The maximum atomic E-state index is 14.5. The minimum Gasteiger partial charge on any atom is -0.506 e. The van der Waals surface area contributed by atoms with Gasteiger partial charge >= 0.3 is 0 Å². The van der Waals surface area contributed by atoms with Gasteiger partial charge in [0.2, 0.25) is 11.9 Å². The maximum Gasteiger partial charge on any atom is 0.279 e. The number of methoxy groups -OCH3 is 3. The topological polar surface area (TPSA) is 211 Å². The molecule has 1 aliphatic carbocycles. The molecule has 4 fully saturated rings. The standard InChI is InChI=1S/C39H52O16Si/c1-16-12-19-25(29(44)27-26(30(19)46-7)20(41)13-21(28(27)43)55-56(10,11)35(4,5)6)31-24(16)32-33-38(52-31,36(15-49-36)39(53-32,54-33)34(47-8)48-9)51-23-14-22(42)37(45,17(2)40)18(3)50-23/h12,18,20-23,32-34,41-42,44-45H,13-15H2,1-11H3/t18-,20-,21-,22+,23-,32-,33-,36-,37+,38+,39-/m0/s1. The Labute approximate surface area is 325 Å². The number of rotatable bonds is 9. The summed E-state index contributed by atoms with van der Waals surface area (Å²) in [6.07, 6.45) is -9.92. The zero-order chi connectivity index (χ0) is 40.9. The molecule has 5 heterocycles. The van der Waals surface area contributed by atoms with Gasteiger partial charge in [0.05, 0.1) is 43.0 Å². The average Bonchev–Trinajstić information content (AvgIpc) is 3.78. The van der Waals surface area contributed by atoms with E-state index in [1.807, 2.05) is 40.8 Å². The molecule has 16 nitrogen and oxygen atoms in total. The molecule has 1 spiro atoms. The van der Waals surface area contributed by atoms with E-state index in [-0.39, 0.29) is 52.5 Å². The van der Waals surface area contributed by atoms with Crippen LogP contribution in [0.4, 0.5) is 0 Å². The SMILES string of the molecule is COc1c2c(c(O)c3c4c(c(C)cc13)[C@@H]1O[C@@]3(C(OC)OC)O[C@@H]1[C@@](O[C@H]1C[C@@H](O)[C@@](O)(C(C)=O)[C@H](C)O1)(O4)[C@@]31CO1)C(=O)[C@@H](O[Si](C)(C)C(C)(C)C)C[C@@H]2O. The first-order chi connectivity index (χ1) is 26.1. The number of hydrogen-bond donors (Lipinski definition) is 4. The number of phenolic OH excluding ortho intramolecular Hbond substituents is 1. The number of phenols is 1. The van der Waals surface area contributed by atoms with Gasteiger partial charge in [0.25, 0.3) is 11.6 Å². The maximum absolute atomic E-state index is 14.5. The van der Waals surface area contributed by atoms with Crippen molar-refractivity contribution in [2.45, 2.75) is 144 Å². The number of hydrogen-bond acceptors (Lipinski definition) is 16. The van der Waals surface area contributed by atoms with E-state index in [1.165, 1.54) is 35.2 Å². The number of epoxide rings is 1. The molecule has 0 unspecified atom stereocenters. The molecule has 0 saturated carbocycles. The smallest absolute Gasteiger partial charge is 0.279 e. The number of aromatic hydroxyl groups is 1. The van der Waals surface area contributed by atoms with Crippen molar-refractivity contribution in [1.82, 2.24) is 0 Å². The van der Waals surface area contributed by atoms with Gasteiger partial charge in [0.15, 0.2) is 37.9 Å². The molecule has 0 radical (unpaired) electrons. The molecule has 4 N–H and O–H groups in total. The molecule has 308 valence electrons. The number of Topliss-reactive ketones (excluding diaryl/α,β-unsaturated/α-hetero) is 2. The van der Waals surface area contributed by atoms with Gasteiger partial charge in [-0.05, 0) is 50.5 Å². The quantitative estimate of drug-likeness (QED) is 0.163. The number of aliphatic hydroxyl groups is 3. The van der Waals surface area contributed by atoms with Crippen LogP contribution in [-0.4, -0.2) is 128 Å². The summed E-state index contributed by atoms with van der Waals surface area (Å²) in [5.41, 5.74) is -2.70. The van der Waals surface area contributed by atoms with E-state index in [2.05, 4.69) is 0 Å². The summed E-state index contributed by atoms with van der Waals surface area (Å²) in [5, 5.41) is 46.5. The van der Waals surface area contributed by atoms with Crippen molar-refractivity contribution in [2.75, 3.05) is 27.9 Å². The number of aliphatic hydroxyl groups excluding tert-OH is 2. The van der Waals surface area contributed by atoms with Gasteiger partial charge < -0.3 is 67.5 Å². The summed E-state index contributed by atoms with van der Waals surface area (Å²) in [5.74, 6) is -5.12. The number of benzene rings is 2. The fourth-order valence-electron chi connectivity index (χ4n) is 9.35. The van der Waals surface area contributed by atoms with Crippen molar-refractivity contribution in [2.24, 2.45) is 0 Å². The fraction of sp³-hybridized carbons (Fsp3) is 0.692. The van der Waals surface area contributed by atoms with Crippen molar-refractivity contribution in [3.8, 4) is 17.2 Å². The zero-order valence-corrected chi connectivity index (χ0v) is 34.5. The number of ketones is 2. The number of fused-ring (bicyclic) bond motifs is 8. The molecule has 56 heavy (non-hydrogen) atoms. The van der Waals surface area contributed by atoms with Crippen LogP contribution in [0.3, 0.4) is 0 Å². The van der Waals surface area contributed by atoms with Crippen molar-refractivity contribution in [3.63, 3.8) is 0 Å². The van der Waals surface area contributed by atoms with E-state index in [1.54, 1.807) is 6.07 Å². The predicted molar refractivity (Wildman–Crippen MR) is 196 cm³/mol. The molecule has 2 bridgehead atoms. The first-order valence-electron chi connectivity index (χ1n) is 18.9. The van der Waals surface area contributed by atoms with Gasteiger partial charge in [0.1, 0.15) is 29.5 Å². The van der Waals surface area contributed by atoms with Crippen LogP contribution < -0.4 is 9.47 Å². The average molecular weight is 805 g/mol. The highest BCUT2D eigenvalue weighted by molar-refractivity contribution is 6.74. The van der Waals surface area contributed by atoms with Crippen LogP contribution in [0.1, 0.15) is 86.7 Å². The summed E-state index contributed by atoms with van der Waals surface area (Å²) >= 11 is 0. The lowest BCUT2D eigenvalue weighted by molar-refractivity contribution is -0.385. The Bertz CT molecular complexity index is 1990. The number of carbonyl (C=O) groups is 2. The highest BCUT2D eigenvalue weighted by Gasteiger charge is 2.94. The van der Waals surface area contributed by atoms with Gasteiger partial charge in [-0.25, -0.2) is 0 Å². The second-order valence-corrected chi connectivity index (χ2v) is 22.2. The zero-order valence-electron chi connectivity index (χ0n) is 33.5. The largest absolute Gasteiger partial charge is 0.506 e. The van der Waals surface area contributed by atoms with Crippen LogP contribution in [0.2, 0.25) is 18.1 Å². The van der Waals surface area contributed by atoms with E-state index in [0.717, 1.165) is 0 Å². The minimum atomic E-state index is -2.53. The Morgan fingerprint density at radius 2 is 1.73 bits per heavy atom. The summed E-state index contributed by atoms with van der Waals surface area (Å²) in [6.45, 7) is 14.6. The van der Waals surface area contributed by atoms with Crippen molar-refractivity contribution in [3.05, 3.63) is 28.3 Å². The molecule has 8 rings (SSSR count). The Morgan fingerprint density at radius 3 is 2.29 bits per heavy atom. The monoisotopic (exact) mass is 804 g/mol. The normalized spacial score (nSPS) is 38.6. The van der Waals surface area contributed by atoms with Crippen LogP contribution in [0.5, 0.6) is 17.2 Å². The third-order valence-corrected chi connectivity index (χ3v) is 17.9. The summed E-state index contributed by atoms with van der Waals surface area (Å²) in [7, 11) is 1.72. The van der Waals surface area contributed by atoms with Crippen LogP contribution in [-0.2, 0) is 42.4 Å². The van der Waals surface area contributed by atoms with Gasteiger partial charge in [0, 0.05) is 43.6 Å². The second kappa shape index (κ2) is 12.6. The van der Waals surface area contributed by atoms with Crippen LogP contribution in [0, 0.1) is 6.92 Å². The molecule has 0 amide bonds. The molecule has 17 heteroatoms. The molecule has 5 aliphatic heterocycles. The molecule has 0 aromatic heterocycles. The van der Waals surface area contributed by atoms with E-state index in [9.17, 15) is 30.0 Å². The predicted octanol–water partition coefficient (Wildman–Crippen LogP) is 3.35. The highest BCUT2D eigenvalue weighted by Crippen LogP contribution is 2.72. The van der Waals surface area contributed by atoms with E-state index in [0.29, 0.717) is 16.5 Å². The Balaban J connectivity index is 1.33. The molecular weight excluding hydrogens is 752 g/mol. The second-order valence-electron chi connectivity index (χ2n) is 17.4. The van der Waals surface area contributed by atoms with Crippen LogP contribution >= 0.6 is 0 Å². The van der Waals surface area contributed by atoms with E-state index < -0.39 is 97.6 Å². The molecule has 4 saturated heterocycles. The lowest BCUT2D eigenvalue weighted by Gasteiger charge is -2.52. The summed E-state index contributed by atoms with van der Waals surface area (Å²) in [6, 6.07) is 1.76. The van der Waals surface area contributed by atoms with Gasteiger partial charge in [-0.15, -0.1) is 0 Å². The number of aryl methyl sites for hydroxylation is 1. The van der Waals surface area contributed by atoms with Crippen LogP contribution in [0.25, 0.3) is 10.8 Å². The minimum absolute atomic E-state index is 0.0293. The lowest BCUT2D eigenvalue weighted by Crippen LogP contribution is -2.72. The van der Waals surface area contributed by atoms with Crippen molar-refractivity contribution in [1.29, 1.82) is 0 Å². The van der Waals surface area contributed by atoms with Gasteiger partial charge in [-0.1, -0.05) is 20.8 Å². The van der Waals surface area contributed by atoms with E-state index >= 15 is 0 Å². The summed E-state index contributed by atoms with van der Waals surface area (Å²) < 4.78 is 63.6. The van der Waals surface area contributed by atoms with Crippen molar-refractivity contribution >= 4 is 30.7 Å². The molecule has 11 atom stereocenters. The molecule has 6 aliphatic rings. The first-order valence-corrected chi connectivity index (χ1v) is 21.8. The Hall–Kier alpha value is -2.78. The fourth-order valence-corrected chi connectivity index (χ4v) is 10.6. The summed E-state index contributed by atoms with van der Waals surface area (Å²) in [4.78, 5) is 27.0. The van der Waals surface area contributed by atoms with Crippen molar-refractivity contribution < 1.29 is 77.1 Å². The van der Waals surface area contributed by atoms with Gasteiger partial charge in [-0.2, -0.15) is 0 Å². The number of ether oxygens (including phenoxy) is 9. The van der Waals surface area contributed by atoms with Gasteiger partial charge in [-0.3, -0.25) is 9.59 Å². The third kappa shape index (κ3) is 4.91. The highest BCUT2D eigenvalue weighted by atomic mass is 28.4. The van der Waals surface area contributed by atoms with Crippen LogP contribution in [0.15, 0.2) is 6.07 Å². The number of carbonyl (C=O) groups excluding carboxylic acids is 2. The first kappa shape index (κ1) is 40.0. The molecule has 2 aromatic rings. The molecular formula is C39H52O16Si. The Morgan fingerprint density at radius 1 is 1.07 bits per heavy atom. The lowest BCUT2D eigenvalue weighted by atomic mass is 9.77. The third-order valence-electron chi connectivity index (χ3n) is 13.4. The Kier molecular flexibility index (Phi) is 9.01. The molecule has 2 aromatic carbocycles.